The Balaban J connectivity index is 2.18. The molecule has 0 heterocycles. The highest BCUT2D eigenvalue weighted by molar-refractivity contribution is 9.10. The van der Waals surface area contributed by atoms with Gasteiger partial charge in [-0.25, -0.2) is 0 Å². The van der Waals surface area contributed by atoms with E-state index in [0.717, 1.165) is 4.47 Å². The first-order valence-electron chi connectivity index (χ1n) is 7.02. The molecule has 1 atom stereocenters. The molecule has 0 spiro atoms. The molecule has 1 N–H and O–H groups in total. The number of benzene rings is 2. The summed E-state index contributed by atoms with van der Waals surface area (Å²) in [5.74, 6) is -0.0485. The summed E-state index contributed by atoms with van der Waals surface area (Å²) in [6, 6.07) is 11.7. The fourth-order valence-electron chi connectivity index (χ4n) is 2.41. The Morgan fingerprint density at radius 1 is 1.00 bits per heavy atom. The van der Waals surface area contributed by atoms with Crippen LogP contribution in [-0.4, -0.2) is 5.91 Å². The topological polar surface area (TPSA) is 29.1 Å². The molecule has 0 saturated heterocycles. The van der Waals surface area contributed by atoms with Gasteiger partial charge in [-0.3, -0.25) is 4.79 Å². The molecule has 2 rings (SSSR count). The van der Waals surface area contributed by atoms with E-state index >= 15 is 0 Å². The van der Waals surface area contributed by atoms with E-state index < -0.39 is 0 Å². The highest BCUT2D eigenvalue weighted by Crippen LogP contribution is 2.22. The highest BCUT2D eigenvalue weighted by Gasteiger charge is 2.14. The maximum atomic E-state index is 12.3. The van der Waals surface area contributed by atoms with E-state index in [1.165, 1.54) is 22.3 Å². The maximum Gasteiger partial charge on any atom is 0.251 e. The summed E-state index contributed by atoms with van der Waals surface area (Å²) in [6.07, 6.45) is 0. The molecule has 3 heteroatoms. The molecular weight excluding hydrogens is 326 g/mol. The van der Waals surface area contributed by atoms with Crippen molar-refractivity contribution in [2.24, 2.45) is 0 Å². The molecule has 0 fully saturated rings. The molecular formula is C18H20BrNO. The Kier molecular flexibility index (Phi) is 4.84. The van der Waals surface area contributed by atoms with Gasteiger partial charge in [0.1, 0.15) is 0 Å². The van der Waals surface area contributed by atoms with E-state index in [1.807, 2.05) is 31.2 Å². The molecule has 2 aromatic carbocycles. The number of rotatable bonds is 3. The highest BCUT2D eigenvalue weighted by atomic mass is 79.9. The van der Waals surface area contributed by atoms with Gasteiger partial charge >= 0.3 is 0 Å². The van der Waals surface area contributed by atoms with Crippen molar-refractivity contribution >= 4 is 21.8 Å². The van der Waals surface area contributed by atoms with Crippen LogP contribution >= 0.6 is 15.9 Å². The Labute approximate surface area is 134 Å². The molecule has 2 aromatic rings. The third-order valence-corrected chi connectivity index (χ3v) is 4.33. The summed E-state index contributed by atoms with van der Waals surface area (Å²) < 4.78 is 0.970. The number of hydrogen-bond donors (Lipinski definition) is 1. The minimum absolute atomic E-state index is 0.0135. The summed E-state index contributed by atoms with van der Waals surface area (Å²) in [5.41, 5.74) is 5.58. The predicted octanol–water partition coefficient (Wildman–Crippen LogP) is 4.87. The van der Waals surface area contributed by atoms with E-state index in [-0.39, 0.29) is 11.9 Å². The quantitative estimate of drug-likeness (QED) is 0.844. The molecule has 2 nitrogen and oxygen atoms in total. The van der Waals surface area contributed by atoms with Gasteiger partial charge in [0.25, 0.3) is 5.91 Å². The molecule has 110 valence electrons. The van der Waals surface area contributed by atoms with Crippen molar-refractivity contribution in [1.29, 1.82) is 0 Å². The van der Waals surface area contributed by atoms with Crippen LogP contribution in [0.5, 0.6) is 0 Å². The molecule has 0 saturated carbocycles. The van der Waals surface area contributed by atoms with Crippen LogP contribution in [0.15, 0.2) is 40.9 Å². The van der Waals surface area contributed by atoms with Gasteiger partial charge in [-0.15, -0.1) is 0 Å². The molecule has 0 bridgehead atoms. The van der Waals surface area contributed by atoms with Crippen LogP contribution in [0.2, 0.25) is 0 Å². The Morgan fingerprint density at radius 2 is 1.57 bits per heavy atom. The van der Waals surface area contributed by atoms with Crippen molar-refractivity contribution in [3.63, 3.8) is 0 Å². The lowest BCUT2D eigenvalue weighted by atomic mass is 9.96. The molecule has 0 aliphatic carbocycles. The van der Waals surface area contributed by atoms with E-state index in [4.69, 9.17) is 0 Å². The van der Waals surface area contributed by atoms with Crippen LogP contribution in [0.1, 0.15) is 45.6 Å². The van der Waals surface area contributed by atoms with Crippen molar-refractivity contribution in [3.8, 4) is 0 Å². The van der Waals surface area contributed by atoms with Gasteiger partial charge in [-0.2, -0.15) is 0 Å². The van der Waals surface area contributed by atoms with Crippen LogP contribution in [0, 0.1) is 20.8 Å². The second kappa shape index (κ2) is 6.44. The smallest absolute Gasteiger partial charge is 0.251 e. The van der Waals surface area contributed by atoms with Crippen LogP contribution < -0.4 is 5.32 Å². The van der Waals surface area contributed by atoms with Crippen LogP contribution in [-0.2, 0) is 0 Å². The van der Waals surface area contributed by atoms with Crippen LogP contribution in [0.25, 0.3) is 0 Å². The second-order valence-electron chi connectivity index (χ2n) is 5.50. The van der Waals surface area contributed by atoms with E-state index in [9.17, 15) is 4.79 Å². The molecule has 1 amide bonds. The van der Waals surface area contributed by atoms with Crippen LogP contribution in [0.3, 0.4) is 0 Å². The predicted molar refractivity (Wildman–Crippen MR) is 90.7 cm³/mol. The van der Waals surface area contributed by atoms with Gasteiger partial charge in [0.05, 0.1) is 6.04 Å². The number of aryl methyl sites for hydroxylation is 3. The van der Waals surface area contributed by atoms with Gasteiger partial charge < -0.3 is 5.32 Å². The van der Waals surface area contributed by atoms with Gasteiger partial charge in [-0.1, -0.05) is 28.1 Å². The number of carbonyl (C=O) groups excluding carboxylic acids is 1. The van der Waals surface area contributed by atoms with Crippen molar-refractivity contribution in [3.05, 3.63) is 68.7 Å². The fourth-order valence-corrected chi connectivity index (χ4v) is 2.67. The second-order valence-corrected chi connectivity index (χ2v) is 6.41. The lowest BCUT2D eigenvalue weighted by Gasteiger charge is -2.18. The summed E-state index contributed by atoms with van der Waals surface area (Å²) in [4.78, 5) is 12.3. The fraction of sp³-hybridized carbons (Fsp3) is 0.278. The van der Waals surface area contributed by atoms with Crippen molar-refractivity contribution < 1.29 is 4.79 Å². The lowest BCUT2D eigenvalue weighted by molar-refractivity contribution is 0.0940. The molecule has 0 aliphatic rings. The van der Waals surface area contributed by atoms with E-state index in [1.54, 1.807) is 0 Å². The Morgan fingerprint density at radius 3 is 2.19 bits per heavy atom. The summed E-state index contributed by atoms with van der Waals surface area (Å²) >= 11 is 3.37. The number of nitrogens with one attached hydrogen (secondary N) is 1. The van der Waals surface area contributed by atoms with E-state index in [0.29, 0.717) is 5.56 Å². The van der Waals surface area contributed by atoms with E-state index in [2.05, 4.69) is 54.2 Å². The minimum Gasteiger partial charge on any atom is -0.346 e. The summed E-state index contributed by atoms with van der Waals surface area (Å²) in [5, 5.41) is 3.07. The number of halogens is 1. The normalized spacial score (nSPS) is 12.0. The molecule has 0 radical (unpaired) electrons. The molecule has 0 unspecified atom stereocenters. The Hall–Kier alpha value is -1.61. The third kappa shape index (κ3) is 3.73. The zero-order chi connectivity index (χ0) is 15.6. The lowest BCUT2D eigenvalue weighted by Crippen LogP contribution is -2.27. The average molecular weight is 346 g/mol. The molecule has 0 aromatic heterocycles. The monoisotopic (exact) mass is 345 g/mol. The standard InChI is InChI=1S/C18H20BrNO/c1-11-9-13(3)17(10-12(11)2)14(4)20-18(21)15-5-7-16(19)8-6-15/h5-10,14H,1-4H3,(H,20,21)/t14-/m0/s1. The van der Waals surface area contributed by atoms with Gasteiger partial charge in [0, 0.05) is 10.0 Å². The zero-order valence-corrected chi connectivity index (χ0v) is 14.4. The summed E-state index contributed by atoms with van der Waals surface area (Å²) in [6.45, 7) is 8.32. The average Bonchev–Trinajstić information content (AvgIpc) is 2.43. The number of hydrogen-bond acceptors (Lipinski definition) is 1. The third-order valence-electron chi connectivity index (χ3n) is 3.80. The van der Waals surface area contributed by atoms with Crippen molar-refractivity contribution in [2.45, 2.75) is 33.7 Å². The zero-order valence-electron chi connectivity index (χ0n) is 12.8. The van der Waals surface area contributed by atoms with Gasteiger partial charge in [0.2, 0.25) is 0 Å². The number of amides is 1. The van der Waals surface area contributed by atoms with Gasteiger partial charge in [-0.05, 0) is 74.2 Å². The minimum atomic E-state index is -0.0485. The molecule has 0 aliphatic heterocycles. The maximum absolute atomic E-state index is 12.3. The van der Waals surface area contributed by atoms with Crippen molar-refractivity contribution in [2.75, 3.05) is 0 Å². The number of carbonyl (C=O) groups is 1. The first kappa shape index (κ1) is 15.8. The molecule has 21 heavy (non-hydrogen) atoms. The van der Waals surface area contributed by atoms with Gasteiger partial charge in [0.15, 0.2) is 0 Å². The SMILES string of the molecule is Cc1cc(C)c([C@H](C)NC(=O)c2ccc(Br)cc2)cc1C. The first-order valence-corrected chi connectivity index (χ1v) is 7.82. The van der Waals surface area contributed by atoms with Crippen LogP contribution in [0.4, 0.5) is 0 Å². The first-order chi connectivity index (χ1) is 9.88. The van der Waals surface area contributed by atoms with Crippen molar-refractivity contribution in [1.82, 2.24) is 5.32 Å². The summed E-state index contributed by atoms with van der Waals surface area (Å²) in [7, 11) is 0. The Bertz CT molecular complexity index is 662. The largest absolute Gasteiger partial charge is 0.346 e.